The monoisotopic (exact) mass is 276 g/mol. The molecule has 5 heteroatoms. The van der Waals surface area contributed by atoms with Crippen LogP contribution in [0.4, 0.5) is 10.6 Å². The lowest BCUT2D eigenvalue weighted by Gasteiger charge is -2.06. The van der Waals surface area contributed by atoms with Gasteiger partial charge in [0.05, 0.1) is 0 Å². The van der Waals surface area contributed by atoms with Gasteiger partial charge in [-0.05, 0) is 17.2 Å². The number of alkyl halides is 1. The maximum absolute atomic E-state index is 11.5. The number of hydrogen-bond donors (Lipinski definition) is 1. The van der Waals surface area contributed by atoms with Crippen molar-refractivity contribution in [2.45, 2.75) is 12.5 Å². The molecule has 0 unspecified atom stereocenters. The Balaban J connectivity index is 1.83. The van der Waals surface area contributed by atoms with E-state index in [1.807, 2.05) is 30.3 Å². The van der Waals surface area contributed by atoms with Crippen LogP contribution in [-0.2, 0) is 17.2 Å². The Bertz CT molecular complexity index is 529. The van der Waals surface area contributed by atoms with Gasteiger partial charge in [-0.25, -0.2) is 9.78 Å². The second-order valence-electron chi connectivity index (χ2n) is 3.87. The number of nitrogens with zero attached hydrogens (tertiary/aromatic N) is 1. The number of halogens is 1. The first-order valence-corrected chi connectivity index (χ1v) is 6.30. The van der Waals surface area contributed by atoms with Crippen LogP contribution in [0.3, 0.4) is 0 Å². The van der Waals surface area contributed by atoms with Crippen molar-refractivity contribution in [2.24, 2.45) is 0 Å². The van der Waals surface area contributed by atoms with E-state index in [1.54, 1.807) is 18.3 Å². The number of amides is 1. The fourth-order valence-electron chi connectivity index (χ4n) is 1.44. The van der Waals surface area contributed by atoms with E-state index in [2.05, 4.69) is 10.3 Å². The van der Waals surface area contributed by atoms with Crippen molar-refractivity contribution in [3.63, 3.8) is 0 Å². The van der Waals surface area contributed by atoms with Crippen LogP contribution in [0.25, 0.3) is 0 Å². The van der Waals surface area contributed by atoms with Crippen molar-refractivity contribution in [1.82, 2.24) is 4.98 Å². The minimum atomic E-state index is -0.532. The number of carbonyl (C=O) groups is 1. The van der Waals surface area contributed by atoms with E-state index >= 15 is 0 Å². The van der Waals surface area contributed by atoms with Gasteiger partial charge in [-0.15, -0.1) is 11.6 Å². The highest BCUT2D eigenvalue weighted by Crippen LogP contribution is 2.08. The molecule has 0 saturated heterocycles. The number of nitrogens with one attached hydrogen (secondary N) is 1. The summed E-state index contributed by atoms with van der Waals surface area (Å²) in [5, 5.41) is 2.55. The molecule has 98 valence electrons. The van der Waals surface area contributed by atoms with Gasteiger partial charge in [-0.2, -0.15) is 0 Å². The fourth-order valence-corrected chi connectivity index (χ4v) is 1.60. The molecule has 0 fully saturated rings. The van der Waals surface area contributed by atoms with Crippen molar-refractivity contribution in [3.8, 4) is 0 Å². The molecule has 0 aliphatic carbocycles. The summed E-state index contributed by atoms with van der Waals surface area (Å²) >= 11 is 5.65. The minimum absolute atomic E-state index is 0.229. The quantitative estimate of drug-likeness (QED) is 0.869. The lowest BCUT2D eigenvalue weighted by atomic mass is 10.2. The van der Waals surface area contributed by atoms with Crippen molar-refractivity contribution in [1.29, 1.82) is 0 Å². The van der Waals surface area contributed by atoms with Crippen LogP contribution < -0.4 is 5.32 Å². The molecule has 0 atom stereocenters. The molecule has 0 bridgehead atoms. The Hall–Kier alpha value is -2.07. The van der Waals surface area contributed by atoms with Gasteiger partial charge < -0.3 is 4.74 Å². The zero-order chi connectivity index (χ0) is 13.5. The molecule has 4 nitrogen and oxygen atoms in total. The summed E-state index contributed by atoms with van der Waals surface area (Å²) in [6.07, 6.45) is 1.08. The predicted octanol–water partition coefficient (Wildman–Crippen LogP) is 3.57. The Morgan fingerprint density at radius 2 is 1.95 bits per heavy atom. The zero-order valence-electron chi connectivity index (χ0n) is 10.2. The second kappa shape index (κ2) is 6.75. The maximum atomic E-state index is 11.5. The Labute approximate surface area is 116 Å². The number of rotatable bonds is 4. The zero-order valence-corrected chi connectivity index (χ0v) is 10.9. The molecule has 1 aromatic heterocycles. The van der Waals surface area contributed by atoms with Gasteiger partial charge in [0.1, 0.15) is 12.4 Å². The number of pyridine rings is 1. The van der Waals surface area contributed by atoms with E-state index in [1.165, 1.54) is 0 Å². The lowest BCUT2D eigenvalue weighted by Crippen LogP contribution is -2.14. The summed E-state index contributed by atoms with van der Waals surface area (Å²) in [6, 6.07) is 13.0. The van der Waals surface area contributed by atoms with E-state index in [0.29, 0.717) is 11.7 Å². The SMILES string of the molecule is O=C(Nc1ccc(CCl)cn1)OCc1ccccc1. The third-order valence-electron chi connectivity index (χ3n) is 2.42. The van der Waals surface area contributed by atoms with Crippen LogP contribution >= 0.6 is 11.6 Å². The molecule has 1 aromatic carbocycles. The van der Waals surface area contributed by atoms with Crippen molar-refractivity contribution in [3.05, 3.63) is 59.8 Å². The van der Waals surface area contributed by atoms with E-state index in [4.69, 9.17) is 16.3 Å². The Kier molecular flexibility index (Phi) is 4.75. The van der Waals surface area contributed by atoms with Crippen LogP contribution in [0.1, 0.15) is 11.1 Å². The summed E-state index contributed by atoms with van der Waals surface area (Å²) in [7, 11) is 0. The molecule has 1 N–H and O–H groups in total. The van der Waals surface area contributed by atoms with Gasteiger partial charge in [0.25, 0.3) is 0 Å². The van der Waals surface area contributed by atoms with Gasteiger partial charge in [-0.3, -0.25) is 5.32 Å². The van der Waals surface area contributed by atoms with E-state index in [9.17, 15) is 4.79 Å². The first-order chi connectivity index (χ1) is 9.28. The van der Waals surface area contributed by atoms with Crippen LogP contribution in [-0.4, -0.2) is 11.1 Å². The van der Waals surface area contributed by atoms with Crippen molar-refractivity contribution >= 4 is 23.5 Å². The second-order valence-corrected chi connectivity index (χ2v) is 4.14. The number of hydrogen-bond acceptors (Lipinski definition) is 3. The Morgan fingerprint density at radius 1 is 1.16 bits per heavy atom. The molecule has 0 aliphatic heterocycles. The molecule has 0 radical (unpaired) electrons. The molecule has 0 spiro atoms. The fraction of sp³-hybridized carbons (Fsp3) is 0.143. The van der Waals surface area contributed by atoms with Gasteiger partial charge in [0, 0.05) is 12.1 Å². The molecule has 2 aromatic rings. The van der Waals surface area contributed by atoms with Gasteiger partial charge in [0.15, 0.2) is 0 Å². The number of carbonyl (C=O) groups excluding carboxylic acids is 1. The van der Waals surface area contributed by atoms with Crippen LogP contribution in [0, 0.1) is 0 Å². The smallest absolute Gasteiger partial charge is 0.413 e. The summed E-state index contributed by atoms with van der Waals surface area (Å²) in [4.78, 5) is 15.6. The van der Waals surface area contributed by atoms with Gasteiger partial charge in [-0.1, -0.05) is 36.4 Å². The molecular formula is C14H13ClN2O2. The summed E-state index contributed by atoms with van der Waals surface area (Å²) in [5.41, 5.74) is 1.83. The van der Waals surface area contributed by atoms with Gasteiger partial charge >= 0.3 is 6.09 Å². The molecule has 19 heavy (non-hydrogen) atoms. The van der Waals surface area contributed by atoms with Crippen LogP contribution in [0.2, 0.25) is 0 Å². The lowest BCUT2D eigenvalue weighted by molar-refractivity contribution is 0.155. The highest BCUT2D eigenvalue weighted by Gasteiger charge is 2.04. The maximum Gasteiger partial charge on any atom is 0.413 e. The van der Waals surface area contributed by atoms with E-state index in [-0.39, 0.29) is 6.61 Å². The third kappa shape index (κ3) is 4.26. The first kappa shape index (κ1) is 13.4. The predicted molar refractivity (Wildman–Crippen MR) is 74.0 cm³/mol. The summed E-state index contributed by atoms with van der Waals surface area (Å²) in [6.45, 7) is 0.229. The van der Waals surface area contributed by atoms with Crippen LogP contribution in [0.5, 0.6) is 0 Å². The van der Waals surface area contributed by atoms with Crippen molar-refractivity contribution in [2.75, 3.05) is 5.32 Å². The van der Waals surface area contributed by atoms with Crippen LogP contribution in [0.15, 0.2) is 48.7 Å². The molecular weight excluding hydrogens is 264 g/mol. The number of benzene rings is 1. The standard InChI is InChI=1S/C14H13ClN2O2/c15-8-12-6-7-13(16-9-12)17-14(18)19-10-11-4-2-1-3-5-11/h1-7,9H,8,10H2,(H,16,17,18). The molecule has 2 rings (SSSR count). The normalized spacial score (nSPS) is 9.95. The molecule has 1 heterocycles. The molecule has 1 amide bonds. The first-order valence-electron chi connectivity index (χ1n) is 5.76. The third-order valence-corrected chi connectivity index (χ3v) is 2.73. The Morgan fingerprint density at radius 3 is 2.58 bits per heavy atom. The largest absolute Gasteiger partial charge is 0.444 e. The highest BCUT2D eigenvalue weighted by atomic mass is 35.5. The van der Waals surface area contributed by atoms with E-state index < -0.39 is 6.09 Å². The molecule has 0 aliphatic rings. The average molecular weight is 277 g/mol. The number of ether oxygens (including phenoxy) is 1. The average Bonchev–Trinajstić information content (AvgIpc) is 2.47. The number of anilines is 1. The van der Waals surface area contributed by atoms with Crippen molar-refractivity contribution < 1.29 is 9.53 Å². The minimum Gasteiger partial charge on any atom is -0.444 e. The number of aromatic nitrogens is 1. The topological polar surface area (TPSA) is 51.2 Å². The van der Waals surface area contributed by atoms with Gasteiger partial charge in [0.2, 0.25) is 0 Å². The summed E-state index contributed by atoms with van der Waals surface area (Å²) < 4.78 is 5.07. The highest BCUT2D eigenvalue weighted by molar-refractivity contribution is 6.17. The summed E-state index contributed by atoms with van der Waals surface area (Å²) in [5.74, 6) is 0.832. The molecule has 0 saturated carbocycles. The van der Waals surface area contributed by atoms with E-state index in [0.717, 1.165) is 11.1 Å².